The minimum atomic E-state index is -0.772. The molecule has 1 aromatic carbocycles. The molecule has 0 saturated heterocycles. The van der Waals surface area contributed by atoms with Gasteiger partial charge >= 0.3 is 6.03 Å². The Morgan fingerprint density at radius 3 is 2.92 bits per heavy atom. The van der Waals surface area contributed by atoms with Gasteiger partial charge in [0.05, 0.1) is 6.26 Å². The molecule has 25 heavy (non-hydrogen) atoms. The number of rotatable bonds is 5. The molecule has 0 spiro atoms. The number of hydrogen-bond acceptors (Lipinski definition) is 4. The molecule has 0 aliphatic heterocycles. The maximum atomic E-state index is 12.1. The van der Waals surface area contributed by atoms with Crippen molar-refractivity contribution in [2.45, 2.75) is 44.8 Å². The van der Waals surface area contributed by atoms with Crippen molar-refractivity contribution in [2.24, 2.45) is 0 Å². The number of hydrogen-bond donors (Lipinski definition) is 3. The number of aliphatic hydroxyl groups excluding tert-OH is 1. The molecule has 1 aliphatic carbocycles. The van der Waals surface area contributed by atoms with E-state index in [1.165, 1.54) is 6.26 Å². The van der Waals surface area contributed by atoms with E-state index in [1.54, 1.807) is 24.3 Å². The molecule has 0 unspecified atom stereocenters. The summed E-state index contributed by atoms with van der Waals surface area (Å²) in [6.07, 6.45) is 3.41. The number of furan rings is 1. The molecule has 1 aromatic heterocycles. The highest BCUT2D eigenvalue weighted by atomic mass is 16.4. The van der Waals surface area contributed by atoms with E-state index in [9.17, 15) is 14.7 Å². The zero-order valence-electron chi connectivity index (χ0n) is 14.1. The van der Waals surface area contributed by atoms with Crippen LogP contribution < -0.4 is 10.6 Å². The maximum absolute atomic E-state index is 12.1. The summed E-state index contributed by atoms with van der Waals surface area (Å²) in [5, 5.41) is 15.6. The van der Waals surface area contributed by atoms with Crippen LogP contribution in [-0.4, -0.2) is 23.0 Å². The summed E-state index contributed by atoms with van der Waals surface area (Å²) in [7, 11) is 0. The van der Waals surface area contributed by atoms with Gasteiger partial charge in [-0.3, -0.25) is 4.79 Å². The van der Waals surface area contributed by atoms with Crippen molar-refractivity contribution in [3.8, 4) is 0 Å². The standard InChI is InChI=1S/C19H22N2O4/c1-12(10-17(23)18-6-3-9-25-18)20-19(24)21-14-8-7-13-4-2-5-16(22)15(13)11-14/h3,6-9,11-12,17,23H,2,4-5,10H2,1H3,(H2,20,21,24)/t12-,17+/m1/s1. The van der Waals surface area contributed by atoms with Crippen molar-refractivity contribution in [3.05, 3.63) is 53.5 Å². The average Bonchev–Trinajstić information content (AvgIpc) is 3.10. The van der Waals surface area contributed by atoms with Crippen LogP contribution in [0.2, 0.25) is 0 Å². The quantitative estimate of drug-likeness (QED) is 0.776. The second-order valence-electron chi connectivity index (χ2n) is 6.42. The second kappa shape index (κ2) is 7.53. The lowest BCUT2D eigenvalue weighted by Crippen LogP contribution is -2.37. The zero-order valence-corrected chi connectivity index (χ0v) is 14.1. The highest BCUT2D eigenvalue weighted by molar-refractivity contribution is 6.00. The van der Waals surface area contributed by atoms with Crippen molar-refractivity contribution >= 4 is 17.5 Å². The molecule has 2 amide bonds. The fraction of sp³-hybridized carbons (Fsp3) is 0.368. The summed E-state index contributed by atoms with van der Waals surface area (Å²) >= 11 is 0. The molecule has 6 nitrogen and oxygen atoms in total. The van der Waals surface area contributed by atoms with E-state index in [4.69, 9.17) is 4.42 Å². The molecule has 6 heteroatoms. The molecule has 1 heterocycles. The van der Waals surface area contributed by atoms with Crippen molar-refractivity contribution in [2.75, 3.05) is 5.32 Å². The third kappa shape index (κ3) is 4.28. The van der Waals surface area contributed by atoms with Crippen molar-refractivity contribution in [3.63, 3.8) is 0 Å². The van der Waals surface area contributed by atoms with Gasteiger partial charge in [-0.2, -0.15) is 0 Å². The number of nitrogens with one attached hydrogen (secondary N) is 2. The summed E-state index contributed by atoms with van der Waals surface area (Å²) in [5.41, 5.74) is 2.33. The Morgan fingerprint density at radius 2 is 2.16 bits per heavy atom. The molecule has 2 aromatic rings. The number of Topliss-reactive ketones (excluding diaryl/α,β-unsaturated/α-hetero) is 1. The molecule has 0 saturated carbocycles. The maximum Gasteiger partial charge on any atom is 0.319 e. The fourth-order valence-corrected chi connectivity index (χ4v) is 3.09. The molecule has 1 aliphatic rings. The molecule has 0 fully saturated rings. The van der Waals surface area contributed by atoms with Gasteiger partial charge in [-0.05, 0) is 49.6 Å². The number of aryl methyl sites for hydroxylation is 1. The number of carbonyl (C=O) groups is 2. The Labute approximate surface area is 146 Å². The number of fused-ring (bicyclic) bond motifs is 1. The molecular formula is C19H22N2O4. The van der Waals surface area contributed by atoms with E-state index in [-0.39, 0.29) is 17.9 Å². The lowest BCUT2D eigenvalue weighted by Gasteiger charge is -2.18. The number of urea groups is 1. The Balaban J connectivity index is 1.55. The summed E-state index contributed by atoms with van der Waals surface area (Å²) < 4.78 is 5.15. The normalized spacial score (nSPS) is 16.0. The van der Waals surface area contributed by atoms with Gasteiger partial charge in [0.2, 0.25) is 0 Å². The minimum Gasteiger partial charge on any atom is -0.467 e. The summed E-state index contributed by atoms with van der Waals surface area (Å²) in [4.78, 5) is 24.1. The Morgan fingerprint density at radius 1 is 1.32 bits per heavy atom. The van der Waals surface area contributed by atoms with E-state index in [2.05, 4.69) is 10.6 Å². The van der Waals surface area contributed by atoms with Crippen LogP contribution in [0.4, 0.5) is 10.5 Å². The highest BCUT2D eigenvalue weighted by Crippen LogP contribution is 2.24. The van der Waals surface area contributed by atoms with Gasteiger partial charge < -0.3 is 20.2 Å². The zero-order chi connectivity index (χ0) is 17.8. The first kappa shape index (κ1) is 17.2. The Hall–Kier alpha value is -2.60. The van der Waals surface area contributed by atoms with Gasteiger partial charge in [0.1, 0.15) is 11.9 Å². The van der Waals surface area contributed by atoms with Crippen molar-refractivity contribution in [1.29, 1.82) is 0 Å². The molecular weight excluding hydrogens is 320 g/mol. The molecule has 132 valence electrons. The number of ketones is 1. The van der Waals surface area contributed by atoms with E-state index in [0.717, 1.165) is 18.4 Å². The number of anilines is 1. The van der Waals surface area contributed by atoms with Crippen LogP contribution >= 0.6 is 0 Å². The summed E-state index contributed by atoms with van der Waals surface area (Å²) in [6, 6.07) is 8.22. The van der Waals surface area contributed by atoms with Gasteiger partial charge in [0.15, 0.2) is 5.78 Å². The van der Waals surface area contributed by atoms with Crippen LogP contribution in [0.25, 0.3) is 0 Å². The molecule has 3 rings (SSSR count). The van der Waals surface area contributed by atoms with Crippen LogP contribution in [0.15, 0.2) is 41.0 Å². The van der Waals surface area contributed by atoms with Crippen molar-refractivity contribution in [1.82, 2.24) is 5.32 Å². The molecule has 0 radical (unpaired) electrons. The minimum absolute atomic E-state index is 0.125. The third-order valence-corrected chi connectivity index (χ3v) is 4.34. The summed E-state index contributed by atoms with van der Waals surface area (Å²) in [5.74, 6) is 0.600. The van der Waals surface area contributed by atoms with E-state index in [0.29, 0.717) is 29.9 Å². The number of aliphatic hydroxyl groups is 1. The van der Waals surface area contributed by atoms with Crippen LogP contribution in [0.5, 0.6) is 0 Å². The topological polar surface area (TPSA) is 91.6 Å². The number of benzene rings is 1. The monoisotopic (exact) mass is 342 g/mol. The molecule has 2 atom stereocenters. The van der Waals surface area contributed by atoms with E-state index >= 15 is 0 Å². The number of carbonyl (C=O) groups excluding carboxylic acids is 2. The van der Waals surface area contributed by atoms with Crippen LogP contribution in [0.3, 0.4) is 0 Å². The first-order valence-corrected chi connectivity index (χ1v) is 8.48. The lowest BCUT2D eigenvalue weighted by atomic mass is 9.90. The smallest absolute Gasteiger partial charge is 0.319 e. The SMILES string of the molecule is C[C@H](C[C@H](O)c1ccco1)NC(=O)Nc1ccc2c(c1)C(=O)CCC2. The first-order valence-electron chi connectivity index (χ1n) is 8.48. The van der Waals surface area contributed by atoms with Crippen LogP contribution in [-0.2, 0) is 6.42 Å². The van der Waals surface area contributed by atoms with Crippen LogP contribution in [0.1, 0.15) is 54.0 Å². The Kier molecular flexibility index (Phi) is 5.19. The predicted molar refractivity (Wildman–Crippen MR) is 93.6 cm³/mol. The third-order valence-electron chi connectivity index (χ3n) is 4.34. The second-order valence-corrected chi connectivity index (χ2v) is 6.42. The van der Waals surface area contributed by atoms with E-state index in [1.807, 2.05) is 13.0 Å². The number of amides is 2. The van der Waals surface area contributed by atoms with Gasteiger partial charge in [-0.25, -0.2) is 4.79 Å². The van der Waals surface area contributed by atoms with Crippen molar-refractivity contribution < 1.29 is 19.1 Å². The molecule has 0 bridgehead atoms. The largest absolute Gasteiger partial charge is 0.467 e. The predicted octanol–water partition coefficient (Wildman–Crippen LogP) is 3.43. The van der Waals surface area contributed by atoms with E-state index < -0.39 is 6.10 Å². The molecule has 3 N–H and O–H groups in total. The average molecular weight is 342 g/mol. The fourth-order valence-electron chi connectivity index (χ4n) is 3.09. The van der Waals surface area contributed by atoms with Gasteiger partial charge in [0.25, 0.3) is 0 Å². The summed E-state index contributed by atoms with van der Waals surface area (Å²) in [6.45, 7) is 1.81. The lowest BCUT2D eigenvalue weighted by molar-refractivity contribution is 0.0972. The van der Waals surface area contributed by atoms with Gasteiger partial charge in [-0.15, -0.1) is 0 Å². The highest BCUT2D eigenvalue weighted by Gasteiger charge is 2.19. The van der Waals surface area contributed by atoms with Crippen LogP contribution in [0, 0.1) is 0 Å². The first-order chi connectivity index (χ1) is 12.0. The van der Waals surface area contributed by atoms with Gasteiger partial charge in [0, 0.05) is 30.1 Å². The Bertz CT molecular complexity index is 755. The van der Waals surface area contributed by atoms with Gasteiger partial charge in [-0.1, -0.05) is 6.07 Å².